The number of nitrogens with zero attached hydrogens (tertiary/aromatic N) is 1. The molecule has 0 amide bonds. The molecular formula is C18H27NO2. The summed E-state index contributed by atoms with van der Waals surface area (Å²) in [7, 11) is 0. The van der Waals surface area contributed by atoms with Gasteiger partial charge in [0, 0.05) is 12.1 Å². The van der Waals surface area contributed by atoms with Gasteiger partial charge in [0.15, 0.2) is 5.78 Å². The smallest absolute Gasteiger partial charge is 0.159 e. The molecule has 1 fully saturated rings. The molecule has 0 radical (unpaired) electrons. The zero-order valence-electron chi connectivity index (χ0n) is 13.3. The highest BCUT2D eigenvalue weighted by atomic mass is 16.5. The molecule has 3 nitrogen and oxygen atoms in total. The molecule has 0 aliphatic carbocycles. The minimum atomic E-state index is 0.0812. The van der Waals surface area contributed by atoms with Gasteiger partial charge in [-0.05, 0) is 58.3 Å². The third kappa shape index (κ3) is 5.50. The van der Waals surface area contributed by atoms with Crippen molar-refractivity contribution >= 4 is 5.78 Å². The molecule has 1 aliphatic rings. The van der Waals surface area contributed by atoms with Crippen LogP contribution in [0.2, 0.25) is 0 Å². The second-order valence-electron chi connectivity index (χ2n) is 6.06. The van der Waals surface area contributed by atoms with Crippen LogP contribution < -0.4 is 4.74 Å². The summed E-state index contributed by atoms with van der Waals surface area (Å²) in [5.74, 6) is 0.878. The van der Waals surface area contributed by atoms with Crippen LogP contribution in [0, 0.1) is 0 Å². The zero-order valence-corrected chi connectivity index (χ0v) is 13.3. The molecule has 0 aromatic heterocycles. The van der Waals surface area contributed by atoms with Crippen LogP contribution in [-0.4, -0.2) is 36.4 Å². The minimum absolute atomic E-state index is 0.0812. The standard InChI is InChI=1S/C18H27NO2/c1-15(10-13-19-11-5-3-4-6-12-19)21-18-9-7-8-17(14-18)16(2)20/h7-9,14-15H,3-6,10-13H2,1-2H3. The Hall–Kier alpha value is -1.35. The van der Waals surface area contributed by atoms with Crippen LogP contribution in [0.1, 0.15) is 56.3 Å². The molecule has 1 aliphatic heterocycles. The average Bonchev–Trinajstić information content (AvgIpc) is 2.74. The van der Waals surface area contributed by atoms with Gasteiger partial charge in [-0.15, -0.1) is 0 Å². The van der Waals surface area contributed by atoms with Crippen molar-refractivity contribution in [2.75, 3.05) is 19.6 Å². The molecule has 1 unspecified atom stereocenters. The van der Waals surface area contributed by atoms with Gasteiger partial charge in [0.1, 0.15) is 5.75 Å². The molecule has 116 valence electrons. The number of likely N-dealkylation sites (tertiary alicyclic amines) is 1. The highest BCUT2D eigenvalue weighted by Crippen LogP contribution is 2.17. The quantitative estimate of drug-likeness (QED) is 0.743. The molecule has 1 heterocycles. The van der Waals surface area contributed by atoms with E-state index in [1.165, 1.54) is 38.8 Å². The number of ketones is 1. The van der Waals surface area contributed by atoms with E-state index in [-0.39, 0.29) is 11.9 Å². The molecule has 1 aromatic carbocycles. The van der Waals surface area contributed by atoms with Crippen molar-refractivity contribution in [1.82, 2.24) is 4.90 Å². The largest absolute Gasteiger partial charge is 0.491 e. The van der Waals surface area contributed by atoms with Gasteiger partial charge in [-0.2, -0.15) is 0 Å². The highest BCUT2D eigenvalue weighted by Gasteiger charge is 2.12. The van der Waals surface area contributed by atoms with Gasteiger partial charge in [-0.25, -0.2) is 0 Å². The van der Waals surface area contributed by atoms with Crippen LogP contribution in [0.25, 0.3) is 0 Å². The van der Waals surface area contributed by atoms with Crippen molar-refractivity contribution in [1.29, 1.82) is 0 Å². The molecule has 2 rings (SSSR count). The van der Waals surface area contributed by atoms with Crippen molar-refractivity contribution in [2.45, 2.75) is 52.1 Å². The molecule has 1 atom stereocenters. The predicted molar refractivity (Wildman–Crippen MR) is 86.1 cm³/mol. The summed E-state index contributed by atoms with van der Waals surface area (Å²) in [6.45, 7) is 7.26. The van der Waals surface area contributed by atoms with Crippen LogP contribution in [0.15, 0.2) is 24.3 Å². The third-order valence-corrected chi connectivity index (χ3v) is 4.13. The van der Waals surface area contributed by atoms with Gasteiger partial charge in [-0.1, -0.05) is 25.0 Å². The molecule has 3 heteroatoms. The van der Waals surface area contributed by atoms with Crippen LogP contribution in [-0.2, 0) is 0 Å². The summed E-state index contributed by atoms with van der Waals surface area (Å²) >= 11 is 0. The van der Waals surface area contributed by atoms with E-state index in [1.54, 1.807) is 6.92 Å². The molecule has 0 spiro atoms. The Bertz CT molecular complexity index is 450. The number of carbonyl (C=O) groups excluding carboxylic acids is 1. The van der Waals surface area contributed by atoms with E-state index in [0.29, 0.717) is 5.56 Å². The normalized spacial score (nSPS) is 18.0. The Kier molecular flexibility index (Phi) is 6.24. The van der Waals surface area contributed by atoms with E-state index >= 15 is 0 Å². The van der Waals surface area contributed by atoms with Crippen LogP contribution >= 0.6 is 0 Å². The van der Waals surface area contributed by atoms with E-state index in [0.717, 1.165) is 18.7 Å². The van der Waals surface area contributed by atoms with E-state index in [1.807, 2.05) is 24.3 Å². The van der Waals surface area contributed by atoms with E-state index in [2.05, 4.69) is 11.8 Å². The lowest BCUT2D eigenvalue weighted by atomic mass is 10.1. The zero-order chi connectivity index (χ0) is 15.1. The Morgan fingerprint density at radius 2 is 1.95 bits per heavy atom. The second kappa shape index (κ2) is 8.18. The maximum Gasteiger partial charge on any atom is 0.159 e. The van der Waals surface area contributed by atoms with Crippen LogP contribution in [0.4, 0.5) is 0 Å². The summed E-state index contributed by atoms with van der Waals surface area (Å²) in [4.78, 5) is 13.9. The fourth-order valence-corrected chi connectivity index (χ4v) is 2.80. The lowest BCUT2D eigenvalue weighted by Crippen LogP contribution is -2.29. The number of rotatable bonds is 6. The highest BCUT2D eigenvalue weighted by molar-refractivity contribution is 5.94. The molecule has 0 bridgehead atoms. The van der Waals surface area contributed by atoms with Crippen LogP contribution in [0.5, 0.6) is 5.75 Å². The fourth-order valence-electron chi connectivity index (χ4n) is 2.80. The summed E-state index contributed by atoms with van der Waals surface area (Å²) in [6, 6.07) is 7.48. The molecular weight excluding hydrogens is 262 g/mol. The SMILES string of the molecule is CC(=O)c1cccc(OC(C)CCN2CCCCCC2)c1. The maximum absolute atomic E-state index is 11.4. The lowest BCUT2D eigenvalue weighted by Gasteiger charge is -2.22. The topological polar surface area (TPSA) is 29.5 Å². The Morgan fingerprint density at radius 3 is 2.62 bits per heavy atom. The number of Topliss-reactive ketones (excluding diaryl/α,β-unsaturated/α-hetero) is 1. The minimum Gasteiger partial charge on any atom is -0.491 e. The van der Waals surface area contributed by atoms with E-state index in [4.69, 9.17) is 4.74 Å². The Morgan fingerprint density at radius 1 is 1.24 bits per heavy atom. The fraction of sp³-hybridized carbons (Fsp3) is 0.611. The van der Waals surface area contributed by atoms with Crippen molar-refractivity contribution in [3.63, 3.8) is 0 Å². The van der Waals surface area contributed by atoms with Gasteiger partial charge in [0.25, 0.3) is 0 Å². The number of hydrogen-bond acceptors (Lipinski definition) is 3. The van der Waals surface area contributed by atoms with Crippen molar-refractivity contribution < 1.29 is 9.53 Å². The summed E-state index contributed by atoms with van der Waals surface area (Å²) < 4.78 is 5.95. The van der Waals surface area contributed by atoms with Gasteiger partial charge < -0.3 is 9.64 Å². The predicted octanol–water partition coefficient (Wildman–Crippen LogP) is 3.92. The summed E-state index contributed by atoms with van der Waals surface area (Å²) in [5.41, 5.74) is 0.715. The molecule has 0 saturated carbocycles. The van der Waals surface area contributed by atoms with Gasteiger partial charge in [0.05, 0.1) is 6.10 Å². The molecule has 21 heavy (non-hydrogen) atoms. The first-order valence-electron chi connectivity index (χ1n) is 8.15. The Labute approximate surface area is 128 Å². The first-order valence-corrected chi connectivity index (χ1v) is 8.15. The van der Waals surface area contributed by atoms with E-state index < -0.39 is 0 Å². The second-order valence-corrected chi connectivity index (χ2v) is 6.06. The maximum atomic E-state index is 11.4. The number of carbonyl (C=O) groups is 1. The van der Waals surface area contributed by atoms with Gasteiger partial charge >= 0.3 is 0 Å². The molecule has 0 N–H and O–H groups in total. The average molecular weight is 289 g/mol. The lowest BCUT2D eigenvalue weighted by molar-refractivity contribution is 0.101. The van der Waals surface area contributed by atoms with Crippen molar-refractivity contribution in [3.8, 4) is 5.75 Å². The van der Waals surface area contributed by atoms with Crippen LogP contribution in [0.3, 0.4) is 0 Å². The molecule has 1 saturated heterocycles. The monoisotopic (exact) mass is 289 g/mol. The van der Waals surface area contributed by atoms with Crippen molar-refractivity contribution in [2.24, 2.45) is 0 Å². The number of ether oxygens (including phenoxy) is 1. The molecule has 1 aromatic rings. The third-order valence-electron chi connectivity index (χ3n) is 4.13. The first-order chi connectivity index (χ1) is 10.1. The summed E-state index contributed by atoms with van der Waals surface area (Å²) in [6.07, 6.45) is 6.62. The van der Waals surface area contributed by atoms with Crippen molar-refractivity contribution in [3.05, 3.63) is 29.8 Å². The Balaban J connectivity index is 1.79. The summed E-state index contributed by atoms with van der Waals surface area (Å²) in [5, 5.41) is 0. The van der Waals surface area contributed by atoms with Gasteiger partial charge in [-0.3, -0.25) is 4.79 Å². The number of hydrogen-bond donors (Lipinski definition) is 0. The van der Waals surface area contributed by atoms with E-state index in [9.17, 15) is 4.79 Å². The first kappa shape index (κ1) is 16.0. The van der Waals surface area contributed by atoms with Gasteiger partial charge in [0.2, 0.25) is 0 Å². The number of benzene rings is 1.